The van der Waals surface area contributed by atoms with Crippen molar-refractivity contribution in [2.45, 2.75) is 33.2 Å². The van der Waals surface area contributed by atoms with Gasteiger partial charge in [-0.2, -0.15) is 0 Å². The molecule has 0 aliphatic heterocycles. The first kappa shape index (κ1) is 16.1. The van der Waals surface area contributed by atoms with Crippen molar-refractivity contribution in [1.29, 1.82) is 0 Å². The molecule has 0 aromatic carbocycles. The number of hydrogen-bond acceptors (Lipinski definition) is 5. The van der Waals surface area contributed by atoms with Crippen molar-refractivity contribution in [2.24, 2.45) is 0 Å². The van der Waals surface area contributed by atoms with Gasteiger partial charge in [-0.3, -0.25) is 0 Å². The molecule has 19 heavy (non-hydrogen) atoms. The fourth-order valence-corrected chi connectivity index (χ4v) is 2.90. The molecule has 0 spiro atoms. The molecule has 1 aromatic heterocycles. The molecule has 0 aliphatic carbocycles. The molecule has 8 heteroatoms. The molecule has 0 amide bonds. The Morgan fingerprint density at radius 3 is 2.37 bits per heavy atom. The zero-order valence-electron chi connectivity index (χ0n) is 11.7. The van der Waals surface area contributed by atoms with Gasteiger partial charge < -0.3 is 5.32 Å². The molecule has 1 rings (SSSR count). The molecule has 0 saturated carbocycles. The molecular formula is C11H19ClN4O2S. The maximum absolute atomic E-state index is 11.2. The molecule has 0 bridgehead atoms. The molecule has 1 aromatic rings. The van der Waals surface area contributed by atoms with Gasteiger partial charge in [-0.05, 0) is 27.7 Å². The van der Waals surface area contributed by atoms with Gasteiger partial charge in [0, 0.05) is 17.6 Å². The average molecular weight is 307 g/mol. The normalized spacial score (nSPS) is 12.5. The number of hydrogen-bond donors (Lipinski definition) is 2. The third-order valence-electron chi connectivity index (χ3n) is 2.36. The summed E-state index contributed by atoms with van der Waals surface area (Å²) < 4.78 is 25.0. The van der Waals surface area contributed by atoms with Crippen LogP contribution in [0.2, 0.25) is 5.15 Å². The summed E-state index contributed by atoms with van der Waals surface area (Å²) in [6.07, 6.45) is 1.13. The molecule has 0 fully saturated rings. The minimum absolute atomic E-state index is 0.383. The highest BCUT2D eigenvalue weighted by Gasteiger charge is 2.22. The number of rotatable bonds is 5. The van der Waals surface area contributed by atoms with E-state index in [9.17, 15) is 8.42 Å². The topological polar surface area (TPSA) is 84.0 Å². The number of nitrogens with zero attached hydrogens (tertiary/aromatic N) is 2. The molecule has 0 unspecified atom stereocenters. The first-order chi connectivity index (χ1) is 8.50. The van der Waals surface area contributed by atoms with E-state index < -0.39 is 15.6 Å². The van der Waals surface area contributed by atoms with Crippen LogP contribution in [0.15, 0.2) is 0 Å². The lowest BCUT2D eigenvalue weighted by Crippen LogP contribution is -2.47. The summed E-state index contributed by atoms with van der Waals surface area (Å²) in [7, 11) is -3.26. The summed E-state index contributed by atoms with van der Waals surface area (Å²) in [6.45, 7) is 7.50. The predicted octanol–water partition coefficient (Wildman–Crippen LogP) is 1.49. The van der Waals surface area contributed by atoms with Crippen molar-refractivity contribution >= 4 is 27.4 Å². The maximum atomic E-state index is 11.2. The van der Waals surface area contributed by atoms with E-state index in [1.165, 1.54) is 0 Å². The number of aryl methyl sites for hydroxylation is 1. The van der Waals surface area contributed by atoms with Crippen LogP contribution in [0.1, 0.15) is 25.2 Å². The summed E-state index contributed by atoms with van der Waals surface area (Å²) in [4.78, 5) is 8.29. The Kier molecular flexibility index (Phi) is 4.76. The number of anilines is 1. The third-order valence-corrected chi connectivity index (χ3v) is 3.65. The summed E-state index contributed by atoms with van der Waals surface area (Å²) in [5.41, 5.74) is 0.105. The Labute approximate surface area is 119 Å². The van der Waals surface area contributed by atoms with Gasteiger partial charge in [0.25, 0.3) is 0 Å². The highest BCUT2D eigenvalue weighted by atomic mass is 35.5. The second-order valence-electron chi connectivity index (χ2n) is 5.15. The smallest absolute Gasteiger partial charge is 0.209 e. The standard InChI is InChI=1S/C11H19ClN4O2S/c1-7-9(12)14-8(2)15-10(7)13-6-11(3,4)16-19(5,17)18/h16H,6H2,1-5H3,(H,13,14,15). The van der Waals surface area contributed by atoms with Crippen molar-refractivity contribution in [1.82, 2.24) is 14.7 Å². The highest BCUT2D eigenvalue weighted by molar-refractivity contribution is 7.88. The number of aromatic nitrogens is 2. The van der Waals surface area contributed by atoms with Crippen LogP contribution in [0.5, 0.6) is 0 Å². The minimum atomic E-state index is -3.26. The summed E-state index contributed by atoms with van der Waals surface area (Å²) >= 11 is 5.97. The molecule has 6 nitrogen and oxygen atoms in total. The van der Waals surface area contributed by atoms with Gasteiger partial charge in [0.05, 0.1) is 6.26 Å². The van der Waals surface area contributed by atoms with Gasteiger partial charge in [-0.25, -0.2) is 23.1 Å². The SMILES string of the molecule is Cc1nc(Cl)c(C)c(NCC(C)(C)NS(C)(=O)=O)n1. The lowest BCUT2D eigenvalue weighted by molar-refractivity contribution is 0.475. The van der Waals surface area contributed by atoms with E-state index in [1.807, 2.05) is 0 Å². The highest BCUT2D eigenvalue weighted by Crippen LogP contribution is 2.20. The van der Waals surface area contributed by atoms with E-state index in [1.54, 1.807) is 27.7 Å². The van der Waals surface area contributed by atoms with Gasteiger partial charge in [0.1, 0.15) is 16.8 Å². The lowest BCUT2D eigenvalue weighted by Gasteiger charge is -2.26. The molecule has 0 radical (unpaired) electrons. The Hall–Kier alpha value is -0.920. The van der Waals surface area contributed by atoms with Crippen molar-refractivity contribution in [2.75, 3.05) is 18.1 Å². The van der Waals surface area contributed by atoms with Crippen LogP contribution in [-0.2, 0) is 10.0 Å². The summed E-state index contributed by atoms with van der Waals surface area (Å²) in [5, 5.41) is 3.49. The van der Waals surface area contributed by atoms with E-state index >= 15 is 0 Å². The second kappa shape index (κ2) is 5.60. The second-order valence-corrected chi connectivity index (χ2v) is 7.25. The molecule has 0 aliphatic rings. The zero-order chi connectivity index (χ0) is 14.8. The van der Waals surface area contributed by atoms with Crippen LogP contribution in [-0.4, -0.2) is 36.7 Å². The Morgan fingerprint density at radius 1 is 1.26 bits per heavy atom. The maximum Gasteiger partial charge on any atom is 0.209 e. The van der Waals surface area contributed by atoms with Crippen LogP contribution >= 0.6 is 11.6 Å². The number of nitrogens with one attached hydrogen (secondary N) is 2. The first-order valence-corrected chi connectivity index (χ1v) is 8.01. The first-order valence-electron chi connectivity index (χ1n) is 5.74. The van der Waals surface area contributed by atoms with E-state index in [0.717, 1.165) is 11.8 Å². The molecule has 0 saturated heterocycles. The zero-order valence-corrected chi connectivity index (χ0v) is 13.3. The van der Waals surface area contributed by atoms with Crippen molar-refractivity contribution < 1.29 is 8.42 Å². The number of sulfonamides is 1. The Bertz CT molecular complexity index is 572. The van der Waals surface area contributed by atoms with Gasteiger partial charge in [-0.1, -0.05) is 11.6 Å². The van der Waals surface area contributed by atoms with Gasteiger partial charge in [-0.15, -0.1) is 0 Å². The molecule has 1 heterocycles. The van der Waals surface area contributed by atoms with Crippen molar-refractivity contribution in [3.63, 3.8) is 0 Å². The molecule has 108 valence electrons. The van der Waals surface area contributed by atoms with Crippen LogP contribution in [0.4, 0.5) is 5.82 Å². The van der Waals surface area contributed by atoms with E-state index in [0.29, 0.717) is 23.3 Å². The van der Waals surface area contributed by atoms with Crippen molar-refractivity contribution in [3.8, 4) is 0 Å². The van der Waals surface area contributed by atoms with Crippen LogP contribution in [0, 0.1) is 13.8 Å². The van der Waals surface area contributed by atoms with Crippen LogP contribution < -0.4 is 10.0 Å². The third kappa shape index (κ3) is 5.30. The Morgan fingerprint density at radius 2 is 1.84 bits per heavy atom. The average Bonchev–Trinajstić information content (AvgIpc) is 2.17. The van der Waals surface area contributed by atoms with Crippen molar-refractivity contribution in [3.05, 3.63) is 16.5 Å². The van der Waals surface area contributed by atoms with E-state index in [4.69, 9.17) is 11.6 Å². The molecular weight excluding hydrogens is 288 g/mol. The van der Waals surface area contributed by atoms with Gasteiger partial charge in [0.15, 0.2) is 0 Å². The minimum Gasteiger partial charge on any atom is -0.368 e. The van der Waals surface area contributed by atoms with Gasteiger partial charge in [0.2, 0.25) is 10.0 Å². The lowest BCUT2D eigenvalue weighted by atomic mass is 10.1. The Balaban J connectivity index is 2.82. The summed E-state index contributed by atoms with van der Waals surface area (Å²) in [5.74, 6) is 1.17. The predicted molar refractivity (Wildman–Crippen MR) is 77.1 cm³/mol. The largest absolute Gasteiger partial charge is 0.368 e. The number of halogens is 1. The fourth-order valence-electron chi connectivity index (χ4n) is 1.61. The van der Waals surface area contributed by atoms with Gasteiger partial charge >= 0.3 is 0 Å². The van der Waals surface area contributed by atoms with E-state index in [2.05, 4.69) is 20.0 Å². The fraction of sp³-hybridized carbons (Fsp3) is 0.636. The monoisotopic (exact) mass is 306 g/mol. The molecule has 0 atom stereocenters. The molecule has 2 N–H and O–H groups in total. The van der Waals surface area contributed by atoms with Crippen LogP contribution in [0.3, 0.4) is 0 Å². The summed E-state index contributed by atoms with van der Waals surface area (Å²) in [6, 6.07) is 0. The quantitative estimate of drug-likeness (QED) is 0.805. The van der Waals surface area contributed by atoms with E-state index in [-0.39, 0.29) is 0 Å². The van der Waals surface area contributed by atoms with Crippen LogP contribution in [0.25, 0.3) is 0 Å².